The van der Waals surface area contributed by atoms with Gasteiger partial charge < -0.3 is 15.4 Å². The highest BCUT2D eigenvalue weighted by atomic mass is 35.5. The number of nitriles is 1. The number of carbonyl (C=O) groups excluding carboxylic acids is 2. The second-order valence-electron chi connectivity index (χ2n) is 5.64. The number of benzene rings is 2. The number of rotatable bonds is 5. The maximum absolute atomic E-state index is 12.6. The third kappa shape index (κ3) is 3.77. The van der Waals surface area contributed by atoms with E-state index in [1.54, 1.807) is 11.9 Å². The number of halogens is 1. The van der Waals surface area contributed by atoms with Crippen LogP contribution in [0.5, 0.6) is 5.75 Å². The Bertz CT molecular complexity index is 1010. The number of ketones is 1. The van der Waals surface area contributed by atoms with E-state index in [1.165, 1.54) is 30.0 Å². The van der Waals surface area contributed by atoms with Crippen molar-refractivity contribution >= 4 is 40.7 Å². The van der Waals surface area contributed by atoms with E-state index in [-0.39, 0.29) is 16.9 Å². The Morgan fingerprint density at radius 1 is 1.30 bits per heavy atom. The van der Waals surface area contributed by atoms with Crippen LogP contribution in [-0.2, 0) is 4.79 Å². The van der Waals surface area contributed by atoms with Gasteiger partial charge >= 0.3 is 0 Å². The van der Waals surface area contributed by atoms with Gasteiger partial charge in [0.15, 0.2) is 6.61 Å². The predicted octanol–water partition coefficient (Wildman–Crippen LogP) is 3.36. The van der Waals surface area contributed by atoms with Crippen LogP contribution in [0.1, 0.15) is 10.4 Å². The zero-order valence-electron chi connectivity index (χ0n) is 14.2. The van der Waals surface area contributed by atoms with Crippen LogP contribution in [0, 0.1) is 11.3 Å². The zero-order valence-corrected chi connectivity index (χ0v) is 15.8. The summed E-state index contributed by atoms with van der Waals surface area (Å²) in [6, 6.07) is 13.9. The summed E-state index contributed by atoms with van der Waals surface area (Å²) in [5.74, 6) is -1.08. The minimum Gasteiger partial charge on any atom is -0.485 e. The molecule has 0 radical (unpaired) electrons. The molecule has 3 rings (SSSR count). The van der Waals surface area contributed by atoms with Crippen LogP contribution < -0.4 is 15.4 Å². The number of fused-ring (bicyclic) bond motifs is 1. The van der Waals surface area contributed by atoms with E-state index in [1.807, 2.05) is 30.3 Å². The Morgan fingerprint density at radius 2 is 2.04 bits per heavy atom. The molecule has 0 aliphatic carbocycles. The number of nitrogens with zero attached hydrogens (tertiary/aromatic N) is 2. The molecular formula is C19H14ClN3O3S. The molecule has 0 aromatic heterocycles. The van der Waals surface area contributed by atoms with E-state index in [9.17, 15) is 14.9 Å². The molecule has 0 bridgehead atoms. The summed E-state index contributed by atoms with van der Waals surface area (Å²) in [6.45, 7) is -0.404. The van der Waals surface area contributed by atoms with E-state index in [0.717, 1.165) is 10.6 Å². The molecule has 0 atom stereocenters. The highest BCUT2D eigenvalue weighted by Gasteiger charge is 2.28. The van der Waals surface area contributed by atoms with Gasteiger partial charge in [0.05, 0.1) is 11.3 Å². The van der Waals surface area contributed by atoms with Gasteiger partial charge in [0, 0.05) is 17.0 Å². The fraction of sp³-hybridized carbons (Fsp3) is 0.105. The molecule has 0 saturated heterocycles. The summed E-state index contributed by atoms with van der Waals surface area (Å²) in [6.07, 6.45) is 0. The quantitative estimate of drug-likeness (QED) is 0.611. The monoisotopic (exact) mass is 399 g/mol. The highest BCUT2D eigenvalue weighted by Crippen LogP contribution is 2.46. The average Bonchev–Trinajstić information content (AvgIpc) is 2.98. The molecule has 0 fully saturated rings. The first-order valence-corrected chi connectivity index (χ1v) is 9.02. The van der Waals surface area contributed by atoms with E-state index in [2.05, 4.69) is 0 Å². The number of amides is 1. The van der Waals surface area contributed by atoms with Crippen molar-refractivity contribution in [2.75, 3.05) is 18.6 Å². The van der Waals surface area contributed by atoms with Crippen molar-refractivity contribution in [1.29, 1.82) is 5.26 Å². The number of Topliss-reactive ketones (excluding diaryl/α,β-unsaturated/α-hetero) is 1. The number of nitrogens with two attached hydrogens (primary N) is 1. The maximum atomic E-state index is 12.6. The van der Waals surface area contributed by atoms with Crippen molar-refractivity contribution in [2.24, 2.45) is 5.73 Å². The van der Waals surface area contributed by atoms with Crippen molar-refractivity contribution in [3.05, 3.63) is 63.7 Å². The van der Waals surface area contributed by atoms with Gasteiger partial charge in [-0.2, -0.15) is 5.26 Å². The Balaban J connectivity index is 1.82. The van der Waals surface area contributed by atoms with E-state index < -0.39 is 18.3 Å². The van der Waals surface area contributed by atoms with Crippen LogP contribution in [-0.4, -0.2) is 25.3 Å². The predicted molar refractivity (Wildman–Crippen MR) is 104 cm³/mol. The van der Waals surface area contributed by atoms with Gasteiger partial charge in [0.25, 0.3) is 5.91 Å². The molecule has 6 nitrogen and oxygen atoms in total. The highest BCUT2D eigenvalue weighted by molar-refractivity contribution is 8.03. The Labute approximate surface area is 165 Å². The number of primary amides is 1. The second-order valence-corrected chi connectivity index (χ2v) is 7.10. The van der Waals surface area contributed by atoms with Crippen LogP contribution in [0.2, 0.25) is 5.02 Å². The second kappa shape index (κ2) is 7.74. The third-order valence-electron chi connectivity index (χ3n) is 3.91. The average molecular weight is 400 g/mol. The minimum absolute atomic E-state index is 0.00621. The lowest BCUT2D eigenvalue weighted by atomic mass is 10.2. The molecule has 0 spiro atoms. The Kier molecular flexibility index (Phi) is 5.40. The minimum atomic E-state index is -0.722. The van der Waals surface area contributed by atoms with Crippen LogP contribution in [0.3, 0.4) is 0 Å². The topological polar surface area (TPSA) is 96.4 Å². The Hall–Kier alpha value is -2.95. The lowest BCUT2D eigenvalue weighted by molar-refractivity contribution is -0.117. The number of ether oxygens (including phenoxy) is 1. The van der Waals surface area contributed by atoms with Crippen LogP contribution in [0.15, 0.2) is 58.0 Å². The maximum Gasteiger partial charge on any atom is 0.252 e. The Morgan fingerprint density at radius 3 is 2.70 bits per heavy atom. The lowest BCUT2D eigenvalue weighted by Gasteiger charge is -2.15. The normalized spacial score (nSPS) is 14.3. The van der Waals surface area contributed by atoms with Gasteiger partial charge in [0.1, 0.15) is 22.4 Å². The van der Waals surface area contributed by atoms with E-state index >= 15 is 0 Å². The summed E-state index contributed by atoms with van der Waals surface area (Å²) in [5.41, 5.74) is 6.30. The lowest BCUT2D eigenvalue weighted by Crippen LogP contribution is -2.20. The molecule has 1 aliphatic rings. The first kappa shape index (κ1) is 18.8. The molecule has 0 unspecified atom stereocenters. The van der Waals surface area contributed by atoms with Crippen LogP contribution in [0.25, 0.3) is 0 Å². The third-order valence-corrected chi connectivity index (χ3v) is 5.38. The number of anilines is 1. The molecular weight excluding hydrogens is 386 g/mol. The smallest absolute Gasteiger partial charge is 0.252 e. The van der Waals surface area contributed by atoms with Crippen LogP contribution >= 0.6 is 23.4 Å². The molecule has 0 saturated carbocycles. The van der Waals surface area contributed by atoms with Crippen molar-refractivity contribution in [3.63, 3.8) is 0 Å². The first-order chi connectivity index (χ1) is 12.9. The summed E-state index contributed by atoms with van der Waals surface area (Å²) in [4.78, 5) is 26.9. The largest absolute Gasteiger partial charge is 0.485 e. The summed E-state index contributed by atoms with van der Waals surface area (Å²) in [7, 11) is 1.80. The molecule has 136 valence electrons. The number of hydrogen-bond donors (Lipinski definition) is 1. The van der Waals surface area contributed by atoms with Crippen molar-refractivity contribution in [1.82, 2.24) is 0 Å². The van der Waals surface area contributed by atoms with Gasteiger partial charge in [-0.1, -0.05) is 35.5 Å². The summed E-state index contributed by atoms with van der Waals surface area (Å²) < 4.78 is 5.45. The molecule has 1 aliphatic heterocycles. The van der Waals surface area contributed by atoms with Gasteiger partial charge in [-0.3, -0.25) is 9.59 Å². The van der Waals surface area contributed by atoms with Gasteiger partial charge in [-0.05, 0) is 30.3 Å². The molecule has 2 N–H and O–H groups in total. The van der Waals surface area contributed by atoms with Gasteiger partial charge in [-0.25, -0.2) is 0 Å². The zero-order chi connectivity index (χ0) is 19.6. The molecule has 1 heterocycles. The number of hydrogen-bond acceptors (Lipinski definition) is 6. The fourth-order valence-corrected chi connectivity index (χ4v) is 3.92. The molecule has 2 aromatic rings. The summed E-state index contributed by atoms with van der Waals surface area (Å²) in [5, 5.41) is 10.4. The van der Waals surface area contributed by atoms with E-state index in [4.69, 9.17) is 22.1 Å². The van der Waals surface area contributed by atoms with Crippen molar-refractivity contribution in [3.8, 4) is 11.8 Å². The first-order valence-electron chi connectivity index (χ1n) is 7.82. The number of carbonyl (C=O) groups is 2. The van der Waals surface area contributed by atoms with Gasteiger partial charge in [-0.15, -0.1) is 0 Å². The summed E-state index contributed by atoms with van der Waals surface area (Å²) >= 11 is 7.21. The number of para-hydroxylation sites is 1. The molecule has 27 heavy (non-hydrogen) atoms. The number of thioether (sulfide) groups is 1. The SMILES string of the molecule is CN1C(=C(C#N)C(=O)COc2ccc(Cl)cc2C(N)=O)Sc2ccccc21. The van der Waals surface area contributed by atoms with Crippen molar-refractivity contribution in [2.45, 2.75) is 4.90 Å². The van der Waals surface area contributed by atoms with E-state index in [0.29, 0.717) is 10.1 Å². The van der Waals surface area contributed by atoms with Gasteiger partial charge in [0.2, 0.25) is 5.78 Å². The van der Waals surface area contributed by atoms with Crippen LogP contribution in [0.4, 0.5) is 5.69 Å². The van der Waals surface area contributed by atoms with Crippen molar-refractivity contribution < 1.29 is 14.3 Å². The molecule has 1 amide bonds. The standard InChI is InChI=1S/C19H14ClN3O3S/c1-23-14-4-2-3-5-17(14)27-19(23)13(9-21)15(24)10-26-16-7-6-11(20)8-12(16)18(22)25/h2-8H,10H2,1H3,(H2,22,25). The fourth-order valence-electron chi connectivity index (χ4n) is 2.59. The molecule has 8 heteroatoms. The molecule has 2 aromatic carbocycles.